The van der Waals surface area contributed by atoms with Gasteiger partial charge in [0, 0.05) is 6.20 Å². The number of carbonyl (C=O) groups excluding carboxylic acids is 1. The zero-order valence-corrected chi connectivity index (χ0v) is 9.31. The van der Waals surface area contributed by atoms with Crippen molar-refractivity contribution in [2.75, 3.05) is 12.3 Å². The van der Waals surface area contributed by atoms with Gasteiger partial charge in [0.1, 0.15) is 11.9 Å². The van der Waals surface area contributed by atoms with Gasteiger partial charge in [0.2, 0.25) is 0 Å². The average Bonchev–Trinajstić information content (AvgIpc) is 2.77. The molecule has 2 heterocycles. The number of hydrogen-bond acceptors (Lipinski definition) is 6. The highest BCUT2D eigenvalue weighted by Crippen LogP contribution is 2.20. The summed E-state index contributed by atoms with van der Waals surface area (Å²) in [5.74, 6) is -1.00. The Kier molecular flexibility index (Phi) is 3.13. The molecule has 1 aliphatic rings. The predicted molar refractivity (Wildman–Crippen MR) is 61.6 cm³/mol. The molecule has 2 rings (SSSR count). The van der Waals surface area contributed by atoms with Crippen molar-refractivity contribution in [2.24, 2.45) is 5.73 Å². The summed E-state index contributed by atoms with van der Waals surface area (Å²) in [5.41, 5.74) is 9.81. The van der Waals surface area contributed by atoms with Gasteiger partial charge in [-0.05, 0) is 6.08 Å². The lowest BCUT2D eigenvalue weighted by Crippen LogP contribution is -2.31. The summed E-state index contributed by atoms with van der Waals surface area (Å²) in [4.78, 5) is 26.2. The summed E-state index contributed by atoms with van der Waals surface area (Å²) in [6.45, 7) is -0.202. The van der Waals surface area contributed by atoms with Crippen LogP contribution in [0.2, 0.25) is 0 Å². The maximum absolute atomic E-state index is 11.6. The highest BCUT2D eigenvalue weighted by Gasteiger charge is 2.22. The molecule has 0 spiro atoms. The van der Waals surface area contributed by atoms with Crippen LogP contribution in [0.5, 0.6) is 0 Å². The van der Waals surface area contributed by atoms with Crippen molar-refractivity contribution in [1.82, 2.24) is 9.55 Å². The third kappa shape index (κ3) is 2.11. The first-order valence-corrected chi connectivity index (χ1v) is 5.16. The fourth-order valence-electron chi connectivity index (χ4n) is 1.60. The topological polar surface area (TPSA) is 133 Å². The molecule has 0 bridgehead atoms. The van der Waals surface area contributed by atoms with E-state index >= 15 is 0 Å². The highest BCUT2D eigenvalue weighted by atomic mass is 16.5. The fourth-order valence-corrected chi connectivity index (χ4v) is 1.60. The summed E-state index contributed by atoms with van der Waals surface area (Å²) in [5, 5.41) is 8.91. The van der Waals surface area contributed by atoms with E-state index in [2.05, 4.69) is 4.98 Å². The number of aliphatic hydroxyl groups is 1. The molecule has 1 aliphatic heterocycles. The monoisotopic (exact) mass is 252 g/mol. The maximum atomic E-state index is 11.6. The van der Waals surface area contributed by atoms with Crippen LogP contribution in [-0.4, -0.2) is 33.3 Å². The summed E-state index contributed by atoms with van der Waals surface area (Å²) in [6, 6.07) is 0. The van der Waals surface area contributed by atoms with E-state index < -0.39 is 23.9 Å². The number of carbonyl (C=O) groups is 1. The summed E-state index contributed by atoms with van der Waals surface area (Å²) < 4.78 is 6.41. The van der Waals surface area contributed by atoms with Crippen molar-refractivity contribution < 1.29 is 14.6 Å². The van der Waals surface area contributed by atoms with Gasteiger partial charge in [-0.3, -0.25) is 9.36 Å². The molecule has 2 atom stereocenters. The third-order valence-electron chi connectivity index (χ3n) is 2.51. The Balaban J connectivity index is 2.40. The first-order valence-electron chi connectivity index (χ1n) is 5.16. The molecule has 0 radical (unpaired) electrons. The smallest absolute Gasteiger partial charge is 0.351 e. The number of amides is 1. The lowest BCUT2D eigenvalue weighted by Gasteiger charge is -2.15. The van der Waals surface area contributed by atoms with Crippen LogP contribution in [0, 0.1) is 0 Å². The number of anilines is 1. The molecule has 0 fully saturated rings. The molecule has 0 saturated heterocycles. The minimum atomic E-state index is -0.783. The molecule has 96 valence electrons. The van der Waals surface area contributed by atoms with Crippen LogP contribution >= 0.6 is 0 Å². The van der Waals surface area contributed by atoms with Gasteiger partial charge in [-0.15, -0.1) is 0 Å². The minimum absolute atomic E-state index is 0.0564. The summed E-state index contributed by atoms with van der Waals surface area (Å²) in [6.07, 6.45) is 3.15. The van der Waals surface area contributed by atoms with Crippen molar-refractivity contribution in [2.45, 2.75) is 12.3 Å². The van der Waals surface area contributed by atoms with Crippen LogP contribution in [0.4, 0.5) is 5.82 Å². The standard InChI is InChI=1S/C10H12N4O4/c11-8-6(9(12)16)3-14(10(17)13-8)7-2-1-5(4-15)18-7/h1-3,5,7,15H,4H2,(H2,12,16)(H2,11,13,17)/t5-,7+/m0/s1. The third-order valence-corrected chi connectivity index (χ3v) is 2.51. The van der Waals surface area contributed by atoms with Gasteiger partial charge in [-0.2, -0.15) is 4.98 Å². The molecule has 0 aromatic carbocycles. The second-order valence-corrected chi connectivity index (χ2v) is 3.73. The zero-order valence-electron chi connectivity index (χ0n) is 9.31. The van der Waals surface area contributed by atoms with Crippen molar-refractivity contribution in [3.8, 4) is 0 Å². The van der Waals surface area contributed by atoms with E-state index in [0.717, 1.165) is 4.57 Å². The molecule has 0 unspecified atom stereocenters. The van der Waals surface area contributed by atoms with Gasteiger partial charge in [0.15, 0.2) is 6.23 Å². The Bertz CT molecular complexity index is 565. The molecule has 8 heteroatoms. The van der Waals surface area contributed by atoms with E-state index in [9.17, 15) is 9.59 Å². The molecule has 1 aromatic rings. The Hall–Kier alpha value is -2.19. The Morgan fingerprint density at radius 1 is 1.56 bits per heavy atom. The summed E-state index contributed by atoms with van der Waals surface area (Å²) in [7, 11) is 0. The van der Waals surface area contributed by atoms with Crippen LogP contribution < -0.4 is 17.2 Å². The van der Waals surface area contributed by atoms with Crippen molar-refractivity contribution in [3.05, 3.63) is 34.4 Å². The molecule has 1 amide bonds. The number of ether oxygens (including phenoxy) is 1. The first kappa shape index (κ1) is 12.3. The molecular weight excluding hydrogens is 240 g/mol. The van der Waals surface area contributed by atoms with Crippen molar-refractivity contribution >= 4 is 11.7 Å². The SMILES string of the molecule is NC(=O)c1cn([C@H]2C=C[C@@H](CO)O2)c(=O)nc1N. The van der Waals surface area contributed by atoms with Crippen LogP contribution in [0.25, 0.3) is 0 Å². The number of rotatable bonds is 3. The quantitative estimate of drug-likeness (QED) is 0.553. The number of aromatic nitrogens is 2. The first-order chi connectivity index (χ1) is 8.52. The van der Waals surface area contributed by atoms with E-state index in [0.29, 0.717) is 0 Å². The Labute approximate surface area is 101 Å². The number of nitrogens with zero attached hydrogens (tertiary/aromatic N) is 2. The molecule has 0 saturated carbocycles. The highest BCUT2D eigenvalue weighted by molar-refractivity contribution is 5.96. The van der Waals surface area contributed by atoms with Gasteiger partial charge >= 0.3 is 5.69 Å². The average molecular weight is 252 g/mol. The second kappa shape index (κ2) is 4.59. The Morgan fingerprint density at radius 3 is 2.83 bits per heavy atom. The normalized spacial score (nSPS) is 22.3. The number of primary amides is 1. The van der Waals surface area contributed by atoms with Gasteiger partial charge < -0.3 is 21.3 Å². The van der Waals surface area contributed by atoms with Gasteiger partial charge in [-0.1, -0.05) is 6.08 Å². The van der Waals surface area contributed by atoms with E-state index in [1.807, 2.05) is 0 Å². The lowest BCUT2D eigenvalue weighted by atomic mass is 10.3. The molecule has 8 nitrogen and oxygen atoms in total. The fraction of sp³-hybridized carbons (Fsp3) is 0.300. The summed E-state index contributed by atoms with van der Waals surface area (Å²) >= 11 is 0. The number of aliphatic hydroxyl groups excluding tert-OH is 1. The van der Waals surface area contributed by atoms with Crippen molar-refractivity contribution in [1.29, 1.82) is 0 Å². The predicted octanol–water partition coefficient (Wildman–Crippen LogP) is -1.63. The van der Waals surface area contributed by atoms with Gasteiger partial charge in [-0.25, -0.2) is 4.79 Å². The minimum Gasteiger partial charge on any atom is -0.393 e. The largest absolute Gasteiger partial charge is 0.393 e. The van der Waals surface area contributed by atoms with E-state index in [4.69, 9.17) is 21.3 Å². The molecule has 18 heavy (non-hydrogen) atoms. The van der Waals surface area contributed by atoms with E-state index in [-0.39, 0.29) is 18.0 Å². The number of nitrogen functional groups attached to an aromatic ring is 1. The molecule has 0 aliphatic carbocycles. The van der Waals surface area contributed by atoms with E-state index in [1.54, 1.807) is 12.2 Å². The van der Waals surface area contributed by atoms with Gasteiger partial charge in [0.05, 0.1) is 12.2 Å². The van der Waals surface area contributed by atoms with Crippen LogP contribution in [0.15, 0.2) is 23.1 Å². The molecule has 1 aromatic heterocycles. The lowest BCUT2D eigenvalue weighted by molar-refractivity contribution is -0.0103. The van der Waals surface area contributed by atoms with Gasteiger partial charge in [0.25, 0.3) is 5.91 Å². The van der Waals surface area contributed by atoms with Crippen LogP contribution in [0.1, 0.15) is 16.6 Å². The second-order valence-electron chi connectivity index (χ2n) is 3.73. The maximum Gasteiger partial charge on any atom is 0.351 e. The number of hydrogen-bond donors (Lipinski definition) is 3. The van der Waals surface area contributed by atoms with Crippen LogP contribution in [-0.2, 0) is 4.74 Å². The molecule has 5 N–H and O–H groups in total. The number of nitrogens with two attached hydrogens (primary N) is 2. The van der Waals surface area contributed by atoms with E-state index in [1.165, 1.54) is 6.20 Å². The Morgan fingerprint density at radius 2 is 2.28 bits per heavy atom. The zero-order chi connectivity index (χ0) is 13.3. The van der Waals surface area contributed by atoms with Crippen LogP contribution in [0.3, 0.4) is 0 Å². The van der Waals surface area contributed by atoms with Crippen molar-refractivity contribution in [3.63, 3.8) is 0 Å². The molecular formula is C10H12N4O4.